The van der Waals surface area contributed by atoms with Crippen LogP contribution in [-0.2, 0) is 4.79 Å². The quantitative estimate of drug-likeness (QED) is 0.481. The van der Waals surface area contributed by atoms with E-state index in [0.717, 1.165) is 18.8 Å². The molecule has 1 fully saturated rings. The van der Waals surface area contributed by atoms with Crippen LogP contribution >= 0.6 is 0 Å². The highest BCUT2D eigenvalue weighted by Crippen LogP contribution is 2.27. The third kappa shape index (κ3) is 3.15. The molecule has 1 rings (SSSR count). The molecule has 0 aromatic heterocycles. The summed E-state index contributed by atoms with van der Waals surface area (Å²) >= 11 is 0. The van der Waals surface area contributed by atoms with Crippen molar-refractivity contribution in [1.29, 1.82) is 0 Å². The summed E-state index contributed by atoms with van der Waals surface area (Å²) in [6.45, 7) is 12.1. The van der Waals surface area contributed by atoms with Crippen LogP contribution in [-0.4, -0.2) is 23.2 Å². The monoisotopic (exact) mass is 210 g/mol. The van der Waals surface area contributed by atoms with Gasteiger partial charge in [-0.25, -0.2) is 4.79 Å². The predicted molar refractivity (Wildman–Crippen MR) is 63.3 cm³/mol. The van der Waals surface area contributed by atoms with E-state index in [1.165, 1.54) is 12.8 Å². The Bertz CT molecular complexity index is 254. The molecular formula is C13H24NO+. The number of nitrogens with zero attached hydrogens (tertiary/aromatic N) is 1. The fourth-order valence-corrected chi connectivity index (χ4v) is 2.15. The Morgan fingerprint density at radius 1 is 1.20 bits per heavy atom. The van der Waals surface area contributed by atoms with Gasteiger partial charge >= 0.3 is 5.91 Å². The van der Waals surface area contributed by atoms with E-state index in [1.54, 1.807) is 4.58 Å². The number of hydrogen-bond donors (Lipinski definition) is 0. The minimum absolute atomic E-state index is 0.169. The second-order valence-electron chi connectivity index (χ2n) is 5.94. The second kappa shape index (κ2) is 4.46. The van der Waals surface area contributed by atoms with Gasteiger partial charge < -0.3 is 0 Å². The summed E-state index contributed by atoms with van der Waals surface area (Å²) in [5.41, 5.74) is -0.301. The highest BCUT2D eigenvalue weighted by Gasteiger charge is 2.36. The van der Waals surface area contributed by atoms with Gasteiger partial charge in [-0.15, -0.1) is 0 Å². The third-order valence-electron chi connectivity index (χ3n) is 3.33. The first kappa shape index (κ1) is 12.4. The van der Waals surface area contributed by atoms with Crippen molar-refractivity contribution in [2.75, 3.05) is 0 Å². The molecule has 86 valence electrons. The molecule has 0 spiro atoms. The Balaban J connectivity index is 2.58. The zero-order valence-corrected chi connectivity index (χ0v) is 10.5. The van der Waals surface area contributed by atoms with Crippen molar-refractivity contribution in [3.05, 3.63) is 0 Å². The summed E-state index contributed by atoms with van der Waals surface area (Å²) in [4.78, 5) is 12.0. The van der Waals surface area contributed by atoms with Gasteiger partial charge in [-0.05, 0) is 39.5 Å². The molecule has 2 nitrogen and oxygen atoms in total. The minimum Gasteiger partial charge on any atom is -0.219 e. The summed E-state index contributed by atoms with van der Waals surface area (Å²) < 4.78 is 1.73. The van der Waals surface area contributed by atoms with Crippen molar-refractivity contribution in [2.24, 2.45) is 11.3 Å². The van der Waals surface area contributed by atoms with Gasteiger partial charge in [-0.2, -0.15) is 4.58 Å². The fraction of sp³-hybridized carbons (Fsp3) is 0.846. The van der Waals surface area contributed by atoms with Crippen molar-refractivity contribution in [1.82, 2.24) is 0 Å². The molecule has 15 heavy (non-hydrogen) atoms. The topological polar surface area (TPSA) is 20.1 Å². The number of carbonyl (C=O) groups excluding carboxylic acids is 1. The van der Waals surface area contributed by atoms with Gasteiger partial charge in [0.25, 0.3) is 0 Å². The molecule has 1 saturated carbocycles. The Kier molecular flexibility index (Phi) is 3.69. The Labute approximate surface area is 93.4 Å². The lowest BCUT2D eigenvalue weighted by Crippen LogP contribution is -2.39. The van der Waals surface area contributed by atoms with Crippen molar-refractivity contribution in [3.8, 4) is 0 Å². The molecule has 0 aromatic carbocycles. The van der Waals surface area contributed by atoms with Crippen LogP contribution in [0.5, 0.6) is 0 Å². The van der Waals surface area contributed by atoms with Gasteiger partial charge in [0, 0.05) is 12.8 Å². The molecule has 1 amide bonds. The fourth-order valence-electron chi connectivity index (χ4n) is 2.15. The Hall–Kier alpha value is -0.660. The molecule has 0 aromatic rings. The number of carbonyl (C=O) groups is 1. The average Bonchev–Trinajstić information content (AvgIpc) is 2.15. The molecule has 0 bridgehead atoms. The van der Waals surface area contributed by atoms with E-state index in [0.29, 0.717) is 6.04 Å². The average molecular weight is 210 g/mol. The maximum atomic E-state index is 12.0. The minimum atomic E-state index is -0.301. The normalized spacial score (nSPS) is 27.5. The zero-order chi connectivity index (χ0) is 11.6. The summed E-state index contributed by atoms with van der Waals surface area (Å²) in [6, 6.07) is 0.368. The summed E-state index contributed by atoms with van der Waals surface area (Å²) in [5.74, 6) is 0.987. The van der Waals surface area contributed by atoms with Crippen LogP contribution in [0.3, 0.4) is 0 Å². The van der Waals surface area contributed by atoms with Crippen LogP contribution in [0.1, 0.15) is 53.4 Å². The number of rotatable bonds is 1. The highest BCUT2D eigenvalue weighted by atomic mass is 16.2. The summed E-state index contributed by atoms with van der Waals surface area (Å²) in [5, 5.41) is 0. The first-order valence-electron chi connectivity index (χ1n) is 5.96. The van der Waals surface area contributed by atoms with Crippen LogP contribution in [0.2, 0.25) is 0 Å². The summed E-state index contributed by atoms with van der Waals surface area (Å²) in [7, 11) is 0. The van der Waals surface area contributed by atoms with Crippen molar-refractivity contribution in [2.45, 2.75) is 59.4 Å². The molecule has 0 atom stereocenters. The first-order valence-corrected chi connectivity index (χ1v) is 5.96. The van der Waals surface area contributed by atoms with Crippen LogP contribution < -0.4 is 0 Å². The van der Waals surface area contributed by atoms with Gasteiger partial charge in [-0.3, -0.25) is 0 Å². The van der Waals surface area contributed by atoms with E-state index in [4.69, 9.17) is 0 Å². The Morgan fingerprint density at radius 2 is 1.67 bits per heavy atom. The van der Waals surface area contributed by atoms with E-state index in [1.807, 2.05) is 20.8 Å². The SMILES string of the molecule is C=[N+](C(=O)C(C)(C)C)C1CCC(C)CC1. The molecule has 0 aliphatic heterocycles. The van der Waals surface area contributed by atoms with Crippen molar-refractivity contribution >= 4 is 12.6 Å². The van der Waals surface area contributed by atoms with Gasteiger partial charge in [-0.1, -0.05) is 6.92 Å². The van der Waals surface area contributed by atoms with Crippen LogP contribution in [0.25, 0.3) is 0 Å². The molecule has 0 radical (unpaired) electrons. The smallest absolute Gasteiger partial charge is 0.219 e. The lowest BCUT2D eigenvalue weighted by molar-refractivity contribution is -0.492. The second-order valence-corrected chi connectivity index (χ2v) is 5.94. The molecule has 0 unspecified atom stereocenters. The molecular weight excluding hydrogens is 186 g/mol. The zero-order valence-electron chi connectivity index (χ0n) is 10.5. The van der Waals surface area contributed by atoms with Crippen LogP contribution in [0.4, 0.5) is 0 Å². The van der Waals surface area contributed by atoms with Crippen LogP contribution in [0, 0.1) is 11.3 Å². The van der Waals surface area contributed by atoms with Gasteiger partial charge in [0.05, 0.1) is 5.41 Å². The van der Waals surface area contributed by atoms with Gasteiger partial charge in [0.1, 0.15) is 6.72 Å². The van der Waals surface area contributed by atoms with Crippen LogP contribution in [0.15, 0.2) is 0 Å². The molecule has 0 heterocycles. The molecule has 2 heteroatoms. The van der Waals surface area contributed by atoms with E-state index in [2.05, 4.69) is 13.6 Å². The van der Waals surface area contributed by atoms with Gasteiger partial charge in [0.15, 0.2) is 6.04 Å². The molecule has 0 N–H and O–H groups in total. The Morgan fingerprint density at radius 3 is 2.07 bits per heavy atom. The van der Waals surface area contributed by atoms with E-state index in [-0.39, 0.29) is 11.3 Å². The molecule has 1 aliphatic carbocycles. The summed E-state index contributed by atoms with van der Waals surface area (Å²) in [6.07, 6.45) is 4.70. The maximum Gasteiger partial charge on any atom is 0.391 e. The van der Waals surface area contributed by atoms with E-state index < -0.39 is 0 Å². The predicted octanol–water partition coefficient (Wildman–Crippen LogP) is 2.85. The maximum absolute atomic E-state index is 12.0. The van der Waals surface area contributed by atoms with Crippen molar-refractivity contribution < 1.29 is 9.37 Å². The number of amides is 1. The molecule has 1 aliphatic rings. The number of hydrogen-bond acceptors (Lipinski definition) is 1. The van der Waals surface area contributed by atoms with Crippen molar-refractivity contribution in [3.63, 3.8) is 0 Å². The molecule has 0 saturated heterocycles. The van der Waals surface area contributed by atoms with E-state index >= 15 is 0 Å². The first-order chi connectivity index (χ1) is 6.82. The lowest BCUT2D eigenvalue weighted by atomic mass is 9.86. The van der Waals surface area contributed by atoms with Gasteiger partial charge in [0.2, 0.25) is 0 Å². The standard InChI is InChI=1S/C13H24NO/c1-10-6-8-11(9-7-10)14(5)12(15)13(2,3)4/h10-11H,5-9H2,1-4H3/q+1. The third-order valence-corrected chi connectivity index (χ3v) is 3.33. The van der Waals surface area contributed by atoms with E-state index in [9.17, 15) is 4.79 Å². The highest BCUT2D eigenvalue weighted by molar-refractivity contribution is 5.74. The largest absolute Gasteiger partial charge is 0.391 e. The lowest BCUT2D eigenvalue weighted by Gasteiger charge is -2.25.